The molecular formula is C15H21N5OS. The van der Waals surface area contributed by atoms with Crippen LogP contribution < -0.4 is 5.32 Å². The SMILES string of the molecule is CNC(=O)c1ccc(C2CCCCN2Cc2csnn2)n1C. The van der Waals surface area contributed by atoms with E-state index in [4.69, 9.17) is 0 Å². The Kier molecular flexibility index (Phi) is 4.54. The molecule has 0 bridgehead atoms. The smallest absolute Gasteiger partial charge is 0.267 e. The number of carbonyl (C=O) groups is 1. The topological polar surface area (TPSA) is 63.1 Å². The highest BCUT2D eigenvalue weighted by Crippen LogP contribution is 2.32. The summed E-state index contributed by atoms with van der Waals surface area (Å²) in [5, 5.41) is 8.87. The van der Waals surface area contributed by atoms with Crippen LogP contribution in [0.1, 0.15) is 47.2 Å². The van der Waals surface area contributed by atoms with Crippen LogP contribution in [-0.4, -0.2) is 38.6 Å². The van der Waals surface area contributed by atoms with Crippen molar-refractivity contribution in [1.29, 1.82) is 0 Å². The number of nitrogens with zero attached hydrogens (tertiary/aromatic N) is 4. The molecule has 1 saturated heterocycles. The molecule has 0 spiro atoms. The molecular weight excluding hydrogens is 298 g/mol. The van der Waals surface area contributed by atoms with Crippen molar-refractivity contribution in [3.63, 3.8) is 0 Å². The summed E-state index contributed by atoms with van der Waals surface area (Å²) in [4.78, 5) is 14.4. The Labute approximate surface area is 134 Å². The van der Waals surface area contributed by atoms with Gasteiger partial charge in [-0.05, 0) is 43.1 Å². The van der Waals surface area contributed by atoms with E-state index in [1.54, 1.807) is 7.05 Å². The van der Waals surface area contributed by atoms with Crippen molar-refractivity contribution in [2.75, 3.05) is 13.6 Å². The number of carbonyl (C=O) groups excluding carboxylic acids is 1. The van der Waals surface area contributed by atoms with Crippen LogP contribution in [0.4, 0.5) is 0 Å². The predicted octanol–water partition coefficient (Wildman–Crippen LogP) is 1.96. The monoisotopic (exact) mass is 319 g/mol. The molecule has 1 unspecified atom stereocenters. The Morgan fingerprint density at radius 2 is 2.32 bits per heavy atom. The van der Waals surface area contributed by atoms with Crippen LogP contribution in [0.15, 0.2) is 17.5 Å². The second kappa shape index (κ2) is 6.58. The average molecular weight is 319 g/mol. The summed E-state index contributed by atoms with van der Waals surface area (Å²) < 4.78 is 5.96. The summed E-state index contributed by atoms with van der Waals surface area (Å²) >= 11 is 1.39. The van der Waals surface area contributed by atoms with E-state index in [0.717, 1.165) is 25.2 Å². The van der Waals surface area contributed by atoms with Gasteiger partial charge in [-0.15, -0.1) is 5.10 Å². The summed E-state index contributed by atoms with van der Waals surface area (Å²) in [7, 11) is 3.63. The molecule has 1 fully saturated rings. The minimum absolute atomic E-state index is 0.0418. The van der Waals surface area contributed by atoms with Crippen molar-refractivity contribution in [2.45, 2.75) is 31.8 Å². The van der Waals surface area contributed by atoms with Crippen molar-refractivity contribution in [2.24, 2.45) is 7.05 Å². The van der Waals surface area contributed by atoms with Gasteiger partial charge in [-0.25, -0.2) is 0 Å². The maximum atomic E-state index is 11.9. The Morgan fingerprint density at radius 3 is 3.05 bits per heavy atom. The molecule has 1 amide bonds. The first-order valence-corrected chi connectivity index (χ1v) is 8.42. The summed E-state index contributed by atoms with van der Waals surface area (Å²) in [5.74, 6) is -0.0418. The van der Waals surface area contributed by atoms with Crippen molar-refractivity contribution in [1.82, 2.24) is 24.4 Å². The molecule has 1 aliphatic rings. The Hall–Kier alpha value is -1.73. The normalized spacial score (nSPS) is 19.3. The number of piperidine rings is 1. The highest BCUT2D eigenvalue weighted by atomic mass is 32.1. The number of nitrogens with one attached hydrogen (secondary N) is 1. The highest BCUT2D eigenvalue weighted by Gasteiger charge is 2.27. The van der Waals surface area contributed by atoms with E-state index in [1.807, 2.05) is 23.1 Å². The molecule has 0 radical (unpaired) electrons. The molecule has 1 aliphatic heterocycles. The summed E-state index contributed by atoms with van der Waals surface area (Å²) in [5.41, 5.74) is 2.93. The molecule has 2 aromatic heterocycles. The number of likely N-dealkylation sites (tertiary alicyclic amines) is 1. The fourth-order valence-corrected chi connectivity index (χ4v) is 3.64. The third-order valence-electron chi connectivity index (χ3n) is 4.35. The van der Waals surface area contributed by atoms with Crippen LogP contribution >= 0.6 is 11.5 Å². The first-order chi connectivity index (χ1) is 10.7. The fraction of sp³-hybridized carbons (Fsp3) is 0.533. The van der Waals surface area contributed by atoms with Gasteiger partial charge in [0.05, 0.1) is 11.7 Å². The van der Waals surface area contributed by atoms with Crippen LogP contribution in [0.25, 0.3) is 0 Å². The van der Waals surface area contributed by atoms with E-state index in [2.05, 4.69) is 25.9 Å². The van der Waals surface area contributed by atoms with Gasteiger partial charge in [-0.1, -0.05) is 10.9 Å². The molecule has 7 heteroatoms. The number of hydrogen-bond donors (Lipinski definition) is 1. The van der Waals surface area contributed by atoms with Crippen LogP contribution in [0.5, 0.6) is 0 Å². The zero-order chi connectivity index (χ0) is 15.5. The van der Waals surface area contributed by atoms with E-state index in [-0.39, 0.29) is 5.91 Å². The Balaban J connectivity index is 1.84. The molecule has 2 aromatic rings. The molecule has 118 valence electrons. The van der Waals surface area contributed by atoms with Crippen molar-refractivity contribution in [3.05, 3.63) is 34.6 Å². The first-order valence-electron chi connectivity index (χ1n) is 7.58. The van der Waals surface area contributed by atoms with Crippen LogP contribution in [-0.2, 0) is 13.6 Å². The lowest BCUT2D eigenvalue weighted by Gasteiger charge is -2.35. The van der Waals surface area contributed by atoms with Gasteiger partial charge in [0.25, 0.3) is 5.91 Å². The number of hydrogen-bond acceptors (Lipinski definition) is 5. The largest absolute Gasteiger partial charge is 0.354 e. The van der Waals surface area contributed by atoms with Crippen LogP contribution in [0.2, 0.25) is 0 Å². The maximum Gasteiger partial charge on any atom is 0.267 e. The zero-order valence-electron chi connectivity index (χ0n) is 13.0. The second-order valence-electron chi connectivity index (χ2n) is 5.66. The molecule has 0 aliphatic carbocycles. The van der Waals surface area contributed by atoms with Crippen molar-refractivity contribution < 1.29 is 4.79 Å². The van der Waals surface area contributed by atoms with Crippen LogP contribution in [0.3, 0.4) is 0 Å². The minimum atomic E-state index is -0.0418. The summed E-state index contributed by atoms with van der Waals surface area (Å²) in [6, 6.07) is 4.32. The Bertz CT molecular complexity index is 636. The molecule has 0 aromatic carbocycles. The number of amides is 1. The quantitative estimate of drug-likeness (QED) is 0.936. The predicted molar refractivity (Wildman–Crippen MR) is 85.7 cm³/mol. The molecule has 3 rings (SSSR count). The first kappa shape index (κ1) is 15.2. The van der Waals surface area contributed by atoms with E-state index in [0.29, 0.717) is 11.7 Å². The van der Waals surface area contributed by atoms with Gasteiger partial charge < -0.3 is 9.88 Å². The van der Waals surface area contributed by atoms with Gasteiger partial charge >= 0.3 is 0 Å². The molecule has 22 heavy (non-hydrogen) atoms. The van der Waals surface area contributed by atoms with E-state index >= 15 is 0 Å². The van der Waals surface area contributed by atoms with Crippen molar-refractivity contribution in [3.8, 4) is 0 Å². The third-order valence-corrected chi connectivity index (χ3v) is 4.90. The summed E-state index contributed by atoms with van der Waals surface area (Å²) in [6.45, 7) is 1.88. The minimum Gasteiger partial charge on any atom is -0.354 e. The van der Waals surface area contributed by atoms with Crippen LogP contribution in [0, 0.1) is 0 Å². The van der Waals surface area contributed by atoms with Gasteiger partial charge in [0.2, 0.25) is 0 Å². The fourth-order valence-electron chi connectivity index (χ4n) is 3.19. The maximum absolute atomic E-state index is 11.9. The molecule has 1 atom stereocenters. The van der Waals surface area contributed by atoms with E-state index in [9.17, 15) is 4.79 Å². The molecule has 1 N–H and O–H groups in total. The van der Waals surface area contributed by atoms with Gasteiger partial charge in [-0.2, -0.15) is 0 Å². The van der Waals surface area contributed by atoms with Gasteiger partial charge in [-0.3, -0.25) is 9.69 Å². The lowest BCUT2D eigenvalue weighted by Crippen LogP contribution is -2.34. The second-order valence-corrected chi connectivity index (χ2v) is 6.27. The van der Waals surface area contributed by atoms with Gasteiger partial charge in [0.1, 0.15) is 5.69 Å². The Morgan fingerprint density at radius 1 is 1.45 bits per heavy atom. The highest BCUT2D eigenvalue weighted by molar-refractivity contribution is 7.03. The molecule has 6 nitrogen and oxygen atoms in total. The van der Waals surface area contributed by atoms with E-state index < -0.39 is 0 Å². The molecule has 0 saturated carbocycles. The van der Waals surface area contributed by atoms with Gasteiger partial charge in [0, 0.05) is 31.7 Å². The zero-order valence-corrected chi connectivity index (χ0v) is 13.8. The number of aromatic nitrogens is 3. The molecule has 3 heterocycles. The van der Waals surface area contributed by atoms with E-state index in [1.165, 1.54) is 30.1 Å². The standard InChI is InChI=1S/C15H21N5OS/c1-16-15(21)14-7-6-12(19(14)2)13-5-3-4-8-20(13)9-11-10-22-18-17-11/h6-7,10,13H,3-5,8-9H2,1-2H3,(H,16,21). The third kappa shape index (κ3) is 2.91. The lowest BCUT2D eigenvalue weighted by atomic mass is 9.99. The van der Waals surface area contributed by atoms with Crippen molar-refractivity contribution >= 4 is 17.4 Å². The van der Waals surface area contributed by atoms with Gasteiger partial charge in [0.15, 0.2) is 0 Å². The lowest BCUT2D eigenvalue weighted by molar-refractivity contribution is 0.0952. The number of rotatable bonds is 4. The summed E-state index contributed by atoms with van der Waals surface area (Å²) in [6.07, 6.45) is 3.54. The average Bonchev–Trinajstić information content (AvgIpc) is 3.17.